The van der Waals surface area contributed by atoms with E-state index in [0.717, 1.165) is 4.90 Å². The van der Waals surface area contributed by atoms with Gasteiger partial charge < -0.3 is 14.4 Å². The van der Waals surface area contributed by atoms with Crippen LogP contribution in [0.4, 0.5) is 8.78 Å². The monoisotopic (exact) mass is 463 g/mol. The Kier molecular flexibility index (Phi) is 8.82. The summed E-state index contributed by atoms with van der Waals surface area (Å²) in [4.78, 5) is 12.7. The van der Waals surface area contributed by atoms with Crippen LogP contribution in [0.1, 0.15) is 12.0 Å². The SMILES string of the molecule is COCOc1ccc(C2=[C-]CC(Br)C(=O)N2CC(F)F)cc1.[Y]. The Bertz CT molecular complexity index is 554. The van der Waals surface area contributed by atoms with Crippen molar-refractivity contribution in [1.82, 2.24) is 4.90 Å². The van der Waals surface area contributed by atoms with Gasteiger partial charge in [0.05, 0.1) is 11.4 Å². The average molecular weight is 464 g/mol. The minimum Gasteiger partial charge on any atom is -0.468 e. The van der Waals surface area contributed by atoms with E-state index in [1.807, 2.05) is 0 Å². The normalized spacial score (nSPS) is 17.8. The summed E-state index contributed by atoms with van der Waals surface area (Å²) in [6.07, 6.45) is 0.744. The molecule has 1 aromatic carbocycles. The Morgan fingerprint density at radius 1 is 1.39 bits per heavy atom. The number of benzene rings is 1. The molecule has 0 bridgehead atoms. The van der Waals surface area contributed by atoms with E-state index in [2.05, 4.69) is 22.0 Å². The van der Waals surface area contributed by atoms with Gasteiger partial charge in [0.25, 0.3) is 6.43 Å². The zero-order valence-electron chi connectivity index (χ0n) is 12.5. The molecule has 1 heterocycles. The average Bonchev–Trinajstić information content (AvgIpc) is 2.50. The third-order valence-corrected chi connectivity index (χ3v) is 3.76. The van der Waals surface area contributed by atoms with Gasteiger partial charge in [-0.15, -0.1) is 17.8 Å². The van der Waals surface area contributed by atoms with Crippen molar-refractivity contribution in [3.8, 4) is 5.75 Å². The maximum absolute atomic E-state index is 12.7. The summed E-state index contributed by atoms with van der Waals surface area (Å²) >= 11 is 3.18. The van der Waals surface area contributed by atoms with Crippen molar-refractivity contribution in [2.45, 2.75) is 17.7 Å². The van der Waals surface area contributed by atoms with E-state index in [0.29, 0.717) is 23.4 Å². The summed E-state index contributed by atoms with van der Waals surface area (Å²) in [5, 5.41) is 0. The second-order valence-corrected chi connectivity index (χ2v) is 5.72. The summed E-state index contributed by atoms with van der Waals surface area (Å²) in [5.41, 5.74) is 1.01. The molecule has 1 atom stereocenters. The molecule has 1 radical (unpaired) electrons. The van der Waals surface area contributed by atoms with Gasteiger partial charge in [-0.1, -0.05) is 22.4 Å². The Morgan fingerprint density at radius 3 is 2.61 bits per heavy atom. The molecule has 4 nitrogen and oxygen atoms in total. The fourth-order valence-electron chi connectivity index (χ4n) is 2.06. The number of carbonyl (C=O) groups excluding carboxylic acids is 1. The molecular formula is C15H15BrF2NO3Y-. The number of methoxy groups -OCH3 is 1. The van der Waals surface area contributed by atoms with Crippen LogP contribution in [0.2, 0.25) is 0 Å². The van der Waals surface area contributed by atoms with E-state index >= 15 is 0 Å². The van der Waals surface area contributed by atoms with Gasteiger partial charge in [0.15, 0.2) is 6.79 Å². The van der Waals surface area contributed by atoms with E-state index in [9.17, 15) is 13.6 Å². The molecule has 0 saturated heterocycles. The van der Waals surface area contributed by atoms with Crippen LogP contribution in [-0.4, -0.2) is 42.5 Å². The third kappa shape index (κ3) is 5.59. The molecule has 0 N–H and O–H groups in total. The molecule has 0 saturated carbocycles. The largest absolute Gasteiger partial charge is 0.468 e. The minimum atomic E-state index is -2.61. The van der Waals surface area contributed by atoms with Gasteiger partial charge in [-0.25, -0.2) is 14.9 Å². The summed E-state index contributed by atoms with van der Waals surface area (Å²) in [7, 11) is 1.51. The van der Waals surface area contributed by atoms with Gasteiger partial charge in [-0.3, -0.25) is 4.79 Å². The van der Waals surface area contributed by atoms with E-state index in [1.54, 1.807) is 24.3 Å². The fourth-order valence-corrected chi connectivity index (χ4v) is 2.47. The quantitative estimate of drug-likeness (QED) is 0.369. The van der Waals surface area contributed by atoms with Gasteiger partial charge in [0.1, 0.15) is 5.75 Å². The first-order valence-corrected chi connectivity index (χ1v) is 7.51. The molecule has 1 amide bonds. The van der Waals surface area contributed by atoms with Crippen LogP contribution in [0.25, 0.3) is 5.70 Å². The van der Waals surface area contributed by atoms with Crippen molar-refractivity contribution in [3.05, 3.63) is 35.9 Å². The summed E-state index contributed by atoms with van der Waals surface area (Å²) < 4.78 is 35.5. The second kappa shape index (κ2) is 9.82. The summed E-state index contributed by atoms with van der Waals surface area (Å²) in [5.74, 6) is 0.209. The molecule has 0 spiro atoms. The van der Waals surface area contributed by atoms with Gasteiger partial charge in [-0.2, -0.15) is 5.56 Å². The Balaban J connectivity index is 0.00000264. The molecule has 0 aliphatic carbocycles. The molecule has 1 aliphatic heterocycles. The molecule has 1 aromatic rings. The zero-order valence-corrected chi connectivity index (χ0v) is 16.9. The minimum absolute atomic E-state index is 0. The maximum atomic E-state index is 12.7. The zero-order chi connectivity index (χ0) is 16.1. The van der Waals surface area contributed by atoms with Gasteiger partial charge >= 0.3 is 0 Å². The van der Waals surface area contributed by atoms with Crippen LogP contribution in [0.5, 0.6) is 5.75 Å². The Hall–Kier alpha value is -0.366. The van der Waals surface area contributed by atoms with Crippen molar-refractivity contribution >= 4 is 27.5 Å². The first-order valence-electron chi connectivity index (χ1n) is 6.59. The fraction of sp³-hybridized carbons (Fsp3) is 0.400. The summed E-state index contributed by atoms with van der Waals surface area (Å²) in [6, 6.07) is 6.78. The molecule has 123 valence electrons. The van der Waals surface area contributed by atoms with Crippen LogP contribution in [0.15, 0.2) is 24.3 Å². The predicted molar refractivity (Wildman–Crippen MR) is 80.6 cm³/mol. The molecule has 0 fully saturated rings. The maximum Gasteiger partial charge on any atom is 0.256 e. The van der Waals surface area contributed by atoms with Crippen molar-refractivity contribution in [1.29, 1.82) is 0 Å². The number of allylic oxidation sites excluding steroid dienone is 1. The smallest absolute Gasteiger partial charge is 0.256 e. The number of hydrogen-bond acceptors (Lipinski definition) is 3. The number of rotatable bonds is 6. The Labute approximate surface area is 167 Å². The van der Waals surface area contributed by atoms with Crippen molar-refractivity contribution in [2.75, 3.05) is 20.4 Å². The van der Waals surface area contributed by atoms with Gasteiger partial charge in [0, 0.05) is 39.8 Å². The number of ether oxygens (including phenoxy) is 2. The number of amides is 1. The van der Waals surface area contributed by atoms with Gasteiger partial charge in [-0.05, 0) is 12.1 Å². The van der Waals surface area contributed by atoms with Crippen LogP contribution < -0.4 is 4.74 Å². The first kappa shape index (κ1) is 20.7. The predicted octanol–water partition coefficient (Wildman–Crippen LogP) is 3.07. The van der Waals surface area contributed by atoms with E-state index < -0.39 is 17.8 Å². The van der Waals surface area contributed by atoms with Crippen molar-refractivity contribution in [3.63, 3.8) is 0 Å². The Morgan fingerprint density at radius 2 is 2.04 bits per heavy atom. The van der Waals surface area contributed by atoms with Crippen LogP contribution in [-0.2, 0) is 42.2 Å². The molecule has 2 rings (SSSR count). The number of hydrogen-bond donors (Lipinski definition) is 0. The third-order valence-electron chi connectivity index (χ3n) is 3.04. The van der Waals surface area contributed by atoms with Crippen molar-refractivity contribution in [2.24, 2.45) is 0 Å². The van der Waals surface area contributed by atoms with E-state index in [-0.39, 0.29) is 45.4 Å². The van der Waals surface area contributed by atoms with Crippen LogP contribution >= 0.6 is 15.9 Å². The van der Waals surface area contributed by atoms with Crippen LogP contribution in [0, 0.1) is 6.08 Å². The van der Waals surface area contributed by atoms with E-state index in [1.165, 1.54) is 7.11 Å². The number of halogens is 3. The number of carbonyl (C=O) groups is 1. The van der Waals surface area contributed by atoms with Crippen molar-refractivity contribution < 1.29 is 55.8 Å². The molecule has 23 heavy (non-hydrogen) atoms. The topological polar surface area (TPSA) is 38.8 Å². The summed E-state index contributed by atoms with van der Waals surface area (Å²) in [6.45, 7) is -0.527. The van der Waals surface area contributed by atoms with Gasteiger partial charge in [0.2, 0.25) is 5.91 Å². The molecular weight excluding hydrogens is 449 g/mol. The molecule has 1 unspecified atom stereocenters. The standard InChI is InChI=1S/C15H15BrF2NO3.Y/c1-21-9-22-11-4-2-10(3-5-11)13-7-6-12(16)15(20)19(13)8-14(17)18;/h2-5,12,14H,6,8-9H2,1H3;/q-1;. The second-order valence-electron chi connectivity index (χ2n) is 4.61. The number of nitrogens with zero attached hydrogens (tertiary/aromatic N) is 1. The molecule has 1 aliphatic rings. The van der Waals surface area contributed by atoms with Crippen LogP contribution in [0.3, 0.4) is 0 Å². The molecule has 8 heteroatoms. The van der Waals surface area contributed by atoms with E-state index in [4.69, 9.17) is 9.47 Å². The number of alkyl halides is 3. The first-order chi connectivity index (χ1) is 10.5. The molecule has 0 aromatic heterocycles.